The first-order valence-electron chi connectivity index (χ1n) is 6.46. The lowest BCUT2D eigenvalue weighted by atomic mass is 10.1. The molecule has 1 aromatic rings. The van der Waals surface area contributed by atoms with E-state index in [-0.39, 0.29) is 29.1 Å². The van der Waals surface area contributed by atoms with Gasteiger partial charge in [-0.3, -0.25) is 4.79 Å². The molecule has 1 aromatic carbocycles. The van der Waals surface area contributed by atoms with Gasteiger partial charge in [0.1, 0.15) is 4.90 Å². The van der Waals surface area contributed by atoms with Crippen molar-refractivity contribution >= 4 is 21.6 Å². The fourth-order valence-electron chi connectivity index (χ4n) is 2.28. The number of aryl methyl sites for hydroxylation is 1. The van der Waals surface area contributed by atoms with Crippen LogP contribution in [0.4, 0.5) is 5.69 Å². The Morgan fingerprint density at radius 3 is 2.70 bits per heavy atom. The summed E-state index contributed by atoms with van der Waals surface area (Å²) in [4.78, 5) is 11.2. The maximum Gasteiger partial charge on any atom is 0.242 e. The highest BCUT2D eigenvalue weighted by atomic mass is 32.2. The number of nitrogens with two attached hydrogens (primary N) is 1. The molecule has 1 atom stereocenters. The number of amides is 1. The summed E-state index contributed by atoms with van der Waals surface area (Å²) >= 11 is 0. The molecule has 2 rings (SSSR count). The average molecular weight is 297 g/mol. The number of anilines is 1. The van der Waals surface area contributed by atoms with E-state index in [0.29, 0.717) is 18.4 Å². The first kappa shape index (κ1) is 14.8. The van der Waals surface area contributed by atoms with Crippen LogP contribution in [0.3, 0.4) is 0 Å². The zero-order valence-electron chi connectivity index (χ0n) is 11.6. The standard InChI is InChI=1S/C13H19N3O3S/c1-8-3-5-11(14)13(9(8)2)20(18,19)15-7-10-4-6-12(17)16-10/h3,5,10,15H,4,6-7,14H2,1-2H3,(H,16,17). The van der Waals surface area contributed by atoms with Gasteiger partial charge >= 0.3 is 0 Å². The van der Waals surface area contributed by atoms with E-state index in [2.05, 4.69) is 10.0 Å². The summed E-state index contributed by atoms with van der Waals surface area (Å²) in [6.45, 7) is 3.75. The van der Waals surface area contributed by atoms with Crippen LogP contribution in [0.5, 0.6) is 0 Å². The van der Waals surface area contributed by atoms with Crippen molar-refractivity contribution in [2.75, 3.05) is 12.3 Å². The molecule has 0 saturated carbocycles. The summed E-state index contributed by atoms with van der Waals surface area (Å²) in [5, 5.41) is 2.72. The van der Waals surface area contributed by atoms with Crippen molar-refractivity contribution in [1.82, 2.24) is 10.0 Å². The largest absolute Gasteiger partial charge is 0.398 e. The smallest absolute Gasteiger partial charge is 0.242 e. The van der Waals surface area contributed by atoms with Crippen LogP contribution in [0.2, 0.25) is 0 Å². The van der Waals surface area contributed by atoms with E-state index in [0.717, 1.165) is 5.56 Å². The normalized spacial score (nSPS) is 19.1. The molecule has 0 aromatic heterocycles. The predicted octanol–water partition coefficient (Wildman–Crippen LogP) is 0.443. The highest BCUT2D eigenvalue weighted by molar-refractivity contribution is 7.89. The topological polar surface area (TPSA) is 101 Å². The van der Waals surface area contributed by atoms with Crippen molar-refractivity contribution in [3.8, 4) is 0 Å². The molecule has 1 aliphatic rings. The molecule has 4 N–H and O–H groups in total. The summed E-state index contributed by atoms with van der Waals surface area (Å²) in [7, 11) is -3.68. The van der Waals surface area contributed by atoms with Crippen LogP contribution < -0.4 is 15.8 Å². The van der Waals surface area contributed by atoms with Crippen molar-refractivity contribution in [2.24, 2.45) is 0 Å². The molecule has 0 radical (unpaired) electrons. The molecule has 1 heterocycles. The van der Waals surface area contributed by atoms with Gasteiger partial charge in [-0.05, 0) is 37.5 Å². The average Bonchev–Trinajstić information content (AvgIpc) is 2.78. The molecule has 20 heavy (non-hydrogen) atoms. The van der Waals surface area contributed by atoms with Crippen molar-refractivity contribution < 1.29 is 13.2 Å². The van der Waals surface area contributed by atoms with Gasteiger partial charge in [-0.1, -0.05) is 6.07 Å². The van der Waals surface area contributed by atoms with Gasteiger partial charge in [-0.25, -0.2) is 13.1 Å². The first-order chi connectivity index (χ1) is 9.31. The number of hydrogen-bond acceptors (Lipinski definition) is 4. The Kier molecular flexibility index (Phi) is 4.01. The Labute approximate surface area is 118 Å². The van der Waals surface area contributed by atoms with E-state index in [1.54, 1.807) is 19.1 Å². The van der Waals surface area contributed by atoms with E-state index < -0.39 is 10.0 Å². The minimum atomic E-state index is -3.68. The molecule has 110 valence electrons. The van der Waals surface area contributed by atoms with Crippen molar-refractivity contribution in [1.29, 1.82) is 0 Å². The monoisotopic (exact) mass is 297 g/mol. The Morgan fingerprint density at radius 1 is 1.40 bits per heavy atom. The fraction of sp³-hybridized carbons (Fsp3) is 0.462. The van der Waals surface area contributed by atoms with E-state index in [1.165, 1.54) is 0 Å². The molecule has 6 nitrogen and oxygen atoms in total. The van der Waals surface area contributed by atoms with E-state index in [4.69, 9.17) is 5.73 Å². The molecule has 1 saturated heterocycles. The highest BCUT2D eigenvalue weighted by Gasteiger charge is 2.25. The summed E-state index contributed by atoms with van der Waals surface area (Å²) in [5.74, 6) is -0.0413. The van der Waals surface area contributed by atoms with E-state index >= 15 is 0 Å². The van der Waals surface area contributed by atoms with Gasteiger partial charge in [-0.15, -0.1) is 0 Å². The van der Waals surface area contributed by atoms with Gasteiger partial charge in [0.2, 0.25) is 15.9 Å². The zero-order chi connectivity index (χ0) is 14.9. The number of carbonyl (C=O) groups excluding carboxylic acids is 1. The molecule has 1 amide bonds. The number of nitrogen functional groups attached to an aromatic ring is 1. The van der Waals surface area contributed by atoms with Crippen molar-refractivity contribution in [2.45, 2.75) is 37.6 Å². The highest BCUT2D eigenvalue weighted by Crippen LogP contribution is 2.25. The van der Waals surface area contributed by atoms with E-state index in [9.17, 15) is 13.2 Å². The Morgan fingerprint density at radius 2 is 2.10 bits per heavy atom. The van der Waals surface area contributed by atoms with Crippen molar-refractivity contribution in [3.05, 3.63) is 23.3 Å². The van der Waals surface area contributed by atoms with Crippen molar-refractivity contribution in [3.63, 3.8) is 0 Å². The number of nitrogens with one attached hydrogen (secondary N) is 2. The summed E-state index contributed by atoms with van der Waals surface area (Å²) in [6.07, 6.45) is 1.08. The Balaban J connectivity index is 2.19. The third-order valence-electron chi connectivity index (χ3n) is 3.58. The minimum absolute atomic E-state index is 0.0413. The number of carbonyl (C=O) groups is 1. The molecule has 0 aliphatic carbocycles. The maximum atomic E-state index is 12.4. The molecule has 0 spiro atoms. The molecular formula is C13H19N3O3S. The number of hydrogen-bond donors (Lipinski definition) is 3. The minimum Gasteiger partial charge on any atom is -0.398 e. The van der Waals surface area contributed by atoms with Crippen LogP contribution in [-0.4, -0.2) is 26.9 Å². The third kappa shape index (κ3) is 2.94. The van der Waals surface area contributed by atoms with Gasteiger partial charge in [0.05, 0.1) is 5.69 Å². The first-order valence-corrected chi connectivity index (χ1v) is 7.94. The van der Waals surface area contributed by atoms with Crippen LogP contribution >= 0.6 is 0 Å². The zero-order valence-corrected chi connectivity index (χ0v) is 12.4. The quantitative estimate of drug-likeness (QED) is 0.702. The molecule has 1 unspecified atom stereocenters. The predicted molar refractivity (Wildman–Crippen MR) is 76.7 cm³/mol. The lowest BCUT2D eigenvalue weighted by Crippen LogP contribution is -2.38. The number of benzene rings is 1. The Hall–Kier alpha value is -1.60. The molecule has 1 aliphatic heterocycles. The molecule has 1 fully saturated rings. The van der Waals surface area contributed by atoms with Crippen LogP contribution in [0.1, 0.15) is 24.0 Å². The molecule has 7 heteroatoms. The summed E-state index contributed by atoms with van der Waals surface area (Å²) in [6, 6.07) is 3.23. The van der Waals surface area contributed by atoms with Gasteiger partial charge in [-0.2, -0.15) is 0 Å². The second-order valence-electron chi connectivity index (χ2n) is 5.08. The van der Waals surface area contributed by atoms with Gasteiger partial charge in [0, 0.05) is 19.0 Å². The third-order valence-corrected chi connectivity index (χ3v) is 5.21. The van der Waals surface area contributed by atoms with Gasteiger partial charge in [0.15, 0.2) is 0 Å². The van der Waals surface area contributed by atoms with Crippen LogP contribution in [-0.2, 0) is 14.8 Å². The molecule has 0 bridgehead atoms. The van der Waals surface area contributed by atoms with Crippen LogP contribution in [0.15, 0.2) is 17.0 Å². The lowest BCUT2D eigenvalue weighted by molar-refractivity contribution is -0.119. The summed E-state index contributed by atoms with van der Waals surface area (Å²) in [5.41, 5.74) is 7.54. The fourth-order valence-corrected chi connectivity index (χ4v) is 3.79. The second kappa shape index (κ2) is 5.41. The maximum absolute atomic E-state index is 12.4. The van der Waals surface area contributed by atoms with Crippen LogP contribution in [0, 0.1) is 13.8 Å². The summed E-state index contributed by atoms with van der Waals surface area (Å²) < 4.78 is 27.2. The number of sulfonamides is 1. The van der Waals surface area contributed by atoms with Crippen LogP contribution in [0.25, 0.3) is 0 Å². The van der Waals surface area contributed by atoms with E-state index in [1.807, 2.05) is 6.92 Å². The lowest BCUT2D eigenvalue weighted by Gasteiger charge is -2.15. The SMILES string of the molecule is Cc1ccc(N)c(S(=O)(=O)NCC2CCC(=O)N2)c1C. The number of rotatable bonds is 4. The van der Waals surface area contributed by atoms with Gasteiger partial charge in [0.25, 0.3) is 0 Å². The second-order valence-corrected chi connectivity index (χ2v) is 6.78. The van der Waals surface area contributed by atoms with Gasteiger partial charge < -0.3 is 11.1 Å². The Bertz CT molecular complexity index is 641. The molecular weight excluding hydrogens is 278 g/mol.